The van der Waals surface area contributed by atoms with Crippen LogP contribution in [0.5, 0.6) is 0 Å². The molecule has 0 saturated carbocycles. The molecule has 9 heavy (non-hydrogen) atoms. The molecule has 0 rings (SSSR count). The average molecular weight is 410 g/mol. The van der Waals surface area contributed by atoms with Crippen LogP contribution in [0, 0.1) is 0 Å². The predicted molar refractivity (Wildman–Crippen MR) is 2.06 cm³/mol. The van der Waals surface area contributed by atoms with E-state index in [0.717, 1.165) is 0 Å². The zero-order chi connectivity index (χ0) is 0. The van der Waals surface area contributed by atoms with E-state index in [0.29, 0.717) is 0 Å². The van der Waals surface area contributed by atoms with Crippen molar-refractivity contribution in [2.45, 2.75) is 0 Å². The first kappa shape index (κ1) is 148. The summed E-state index contributed by atoms with van der Waals surface area (Å²) in [6.45, 7) is 0. The molecule has 0 unspecified atom stereocenters. The molecule has 3 nitrogen and oxygen atoms in total. The van der Waals surface area contributed by atoms with Gasteiger partial charge in [-0.05, 0) is 0 Å². The van der Waals surface area contributed by atoms with Crippen molar-refractivity contribution in [1.29, 1.82) is 0 Å². The Morgan fingerprint density at radius 3 is 0.444 bits per heavy atom. The van der Waals surface area contributed by atoms with Crippen LogP contribution in [0.15, 0.2) is 0 Å². The van der Waals surface area contributed by atoms with Gasteiger partial charge in [-0.25, -0.2) is 0 Å². The van der Waals surface area contributed by atoms with E-state index < -0.39 is 0 Å². The van der Waals surface area contributed by atoms with Crippen molar-refractivity contribution in [3.63, 3.8) is 0 Å². The zero-order valence-electron chi connectivity index (χ0n) is 4.06. The summed E-state index contributed by atoms with van der Waals surface area (Å²) in [6.07, 6.45) is 0. The number of hydrogen-bond donors (Lipinski definition) is 0. The minimum absolute atomic E-state index is 0. The Labute approximate surface area is 123 Å². The fourth-order valence-electron chi connectivity index (χ4n) is 0. The average Bonchev–Trinajstić information content (AvgIpc) is 0. The van der Waals surface area contributed by atoms with Gasteiger partial charge in [-0.2, -0.15) is 0 Å². The van der Waals surface area contributed by atoms with Gasteiger partial charge < -0.3 is 16.4 Å². The van der Waals surface area contributed by atoms with E-state index in [1.54, 1.807) is 0 Å². The van der Waals surface area contributed by atoms with Crippen LogP contribution in [0.25, 0.3) is 0 Å². The molecule has 0 aromatic heterocycles. The van der Waals surface area contributed by atoms with Crippen LogP contribution < -0.4 is 0 Å². The second-order valence-corrected chi connectivity index (χ2v) is 0. The molecular formula is Cr2Cu2O3Zn2. The van der Waals surface area contributed by atoms with E-state index in [-0.39, 0.29) is 124 Å². The van der Waals surface area contributed by atoms with Crippen molar-refractivity contribution >= 4 is 0 Å². The molecule has 0 saturated heterocycles. The fraction of sp³-hybridized carbons (Fsp3) is 0. The number of hydrogen-bond acceptors (Lipinski definition) is 0. The molecule has 56 valence electrons. The topological polar surface area (TPSA) is 85.5 Å². The molecule has 0 bridgehead atoms. The van der Waals surface area contributed by atoms with E-state index in [1.165, 1.54) is 0 Å². The van der Waals surface area contributed by atoms with E-state index in [1.807, 2.05) is 0 Å². The Morgan fingerprint density at radius 1 is 0.444 bits per heavy atom. The second kappa shape index (κ2) is 113. The molecule has 9 heteroatoms. The molecule has 4 radical (unpaired) electrons. The van der Waals surface area contributed by atoms with Crippen molar-refractivity contribution in [3.05, 3.63) is 0 Å². The molecule has 0 fully saturated rings. The summed E-state index contributed by atoms with van der Waals surface area (Å²) in [5, 5.41) is 0. The van der Waals surface area contributed by atoms with E-state index >= 15 is 0 Å². The molecule has 0 amide bonds. The Hall–Kier alpha value is 3.23. The Balaban J connectivity index is 0. The van der Waals surface area contributed by atoms with E-state index in [9.17, 15) is 0 Å². The number of rotatable bonds is 0. The van der Waals surface area contributed by atoms with Crippen LogP contribution in [0.2, 0.25) is 0 Å². The summed E-state index contributed by atoms with van der Waals surface area (Å²) in [7, 11) is 0. The van der Waals surface area contributed by atoms with Gasteiger partial charge in [-0.15, -0.1) is 0 Å². The van der Waals surface area contributed by atoms with Crippen LogP contribution in [0.3, 0.4) is 0 Å². The smallest absolute Gasteiger partial charge is 2.00 e. The summed E-state index contributed by atoms with van der Waals surface area (Å²) < 4.78 is 0. The van der Waals surface area contributed by atoms with Gasteiger partial charge in [0, 0.05) is 73.1 Å². The van der Waals surface area contributed by atoms with Crippen LogP contribution in [-0.2, 0) is 124 Å². The summed E-state index contributed by atoms with van der Waals surface area (Å²) in [4.78, 5) is 0. The Kier molecular flexibility index (Phi) is 1850. The van der Waals surface area contributed by atoms with E-state index in [2.05, 4.69) is 0 Å². The van der Waals surface area contributed by atoms with Gasteiger partial charge in [-0.3, -0.25) is 0 Å². The van der Waals surface area contributed by atoms with Gasteiger partial charge in [0.25, 0.3) is 0 Å². The van der Waals surface area contributed by atoms with E-state index in [4.69, 9.17) is 0 Å². The van der Waals surface area contributed by atoms with Gasteiger partial charge in [0.05, 0.1) is 0 Å². The summed E-state index contributed by atoms with van der Waals surface area (Å²) in [6, 6.07) is 0. The van der Waals surface area contributed by atoms with Crippen molar-refractivity contribution in [1.82, 2.24) is 0 Å². The van der Waals surface area contributed by atoms with Crippen molar-refractivity contribution < 1.29 is 124 Å². The first-order valence-electron chi connectivity index (χ1n) is 0. The third-order valence-corrected chi connectivity index (χ3v) is 0. The quantitative estimate of drug-likeness (QED) is 0.489. The second-order valence-electron chi connectivity index (χ2n) is 0. The van der Waals surface area contributed by atoms with Crippen LogP contribution in [0.4, 0.5) is 0 Å². The SMILES string of the molecule is [Cr+3].[Cr+3].[Cu].[Cu].[O-2].[O-2].[O-2].[Zn].[Zn]. The molecule has 0 aliphatic heterocycles. The maximum Gasteiger partial charge on any atom is 3.00 e. The first-order chi connectivity index (χ1) is 0. The predicted octanol–water partition coefficient (Wildman–Crippen LogP) is -0.371. The summed E-state index contributed by atoms with van der Waals surface area (Å²) in [5.41, 5.74) is 0. The van der Waals surface area contributed by atoms with Gasteiger partial charge in [0.1, 0.15) is 0 Å². The van der Waals surface area contributed by atoms with Gasteiger partial charge in [0.15, 0.2) is 0 Å². The molecule has 0 atom stereocenters. The molecule has 0 aliphatic carbocycles. The van der Waals surface area contributed by atoms with Crippen LogP contribution >= 0.6 is 0 Å². The summed E-state index contributed by atoms with van der Waals surface area (Å²) in [5.74, 6) is 0. The first-order valence-corrected chi connectivity index (χ1v) is 0. The van der Waals surface area contributed by atoms with Crippen molar-refractivity contribution in [3.8, 4) is 0 Å². The van der Waals surface area contributed by atoms with Gasteiger partial charge in [-0.1, -0.05) is 0 Å². The minimum atomic E-state index is 0. The van der Waals surface area contributed by atoms with Crippen LogP contribution in [0.1, 0.15) is 0 Å². The minimum Gasteiger partial charge on any atom is -2.00 e. The zero-order valence-corrected chi connectivity index (χ0v) is 14.4. The molecule has 0 heterocycles. The Bertz CT molecular complexity index is 17.8. The molecular weight excluding hydrogens is 410 g/mol. The standard InChI is InChI=1S/2Cr.2Cu.3O.2Zn/q2*+3;;;3*-2;;. The molecule has 0 spiro atoms. The van der Waals surface area contributed by atoms with Crippen molar-refractivity contribution in [2.24, 2.45) is 0 Å². The van der Waals surface area contributed by atoms with Crippen LogP contribution in [-0.4, -0.2) is 0 Å². The normalized spacial score (nSPS) is 0. The summed E-state index contributed by atoms with van der Waals surface area (Å²) >= 11 is 0. The maximum absolute atomic E-state index is 0. The fourth-order valence-corrected chi connectivity index (χ4v) is 0. The monoisotopic (exact) mass is 406 g/mol. The molecule has 0 N–H and O–H groups in total. The molecule has 0 aromatic carbocycles. The van der Waals surface area contributed by atoms with Gasteiger partial charge in [0.2, 0.25) is 0 Å². The Morgan fingerprint density at radius 2 is 0.444 bits per heavy atom. The maximum atomic E-state index is 0. The molecule has 0 aromatic rings. The largest absolute Gasteiger partial charge is 3.00 e. The van der Waals surface area contributed by atoms with Gasteiger partial charge >= 0.3 is 34.7 Å². The molecule has 0 aliphatic rings. The third-order valence-electron chi connectivity index (χ3n) is 0. The third kappa shape index (κ3) is 91.7. The van der Waals surface area contributed by atoms with Crippen molar-refractivity contribution in [2.75, 3.05) is 0 Å².